The van der Waals surface area contributed by atoms with E-state index in [4.69, 9.17) is 19.3 Å². The fraction of sp³-hybridized carbons (Fsp3) is 0.694. The average molecular weight is 1990 g/mol. The number of aliphatic hydroxyl groups excluding tert-OH is 1. The molecule has 7 unspecified atom stereocenters. The van der Waals surface area contributed by atoms with Gasteiger partial charge >= 0.3 is 71.6 Å². The van der Waals surface area contributed by atoms with Crippen molar-refractivity contribution in [2.75, 3.05) is 85.3 Å². The van der Waals surface area contributed by atoms with Crippen molar-refractivity contribution in [2.24, 2.45) is 92.2 Å². The Morgan fingerprint density at radius 1 is 0.461 bits per heavy atom. The summed E-state index contributed by atoms with van der Waals surface area (Å²) in [6.45, 7) is 16.3. The molecular weight excluding hydrogens is 1820 g/mol. The van der Waals surface area contributed by atoms with Crippen LogP contribution in [0.25, 0.3) is 0 Å². The molecule has 0 saturated heterocycles. The van der Waals surface area contributed by atoms with Crippen LogP contribution >= 0.6 is 0 Å². The van der Waals surface area contributed by atoms with E-state index in [2.05, 4.69) is 49.6 Å². The van der Waals surface area contributed by atoms with E-state index < -0.39 is 45.4 Å². The van der Waals surface area contributed by atoms with Gasteiger partial charge in [-0.15, -0.1) is 0 Å². The largest absolute Gasteiger partial charge is 0.549 e. The van der Waals surface area contributed by atoms with E-state index in [1.54, 1.807) is 45.2 Å². The first kappa shape index (κ1) is 125. The molecule has 18 rings (SSSR count). The molecule has 0 heterocycles. The standard InChI is InChI=1S/C12H18O3.C12H16O3.C12H18O2.C10H14O3.C10H12O2.C10H20O2.C8H7NO4.C8H14O2.C8H8O2.C6H12O2.C5H10O2.C4H8O3.C3H6O2/c1-15-10(13)11-3-8-2-9(4-11)6-12(14,5-8)7-11;1-15-11(14)12-4-7-2-8(5-12)10(13)9(3-7)6-12;1-14-11(13)12-5-8-2-9(6-12)4-10(3-8)7-12;1-9(2)6-3-4-10(9,8(12)13)7(11)5-6;1-8-3-5-9(6-4-8)7-10(11)12-2;1-3-4-5-6-7-8-9-10(11)12-2;1-13-8(10)6-2-4-7(5-3-6)9(11)12;2*1-10-8(9)7-5-3-2-4-6-7;1-3-4-5-6(7)8-2;1-4(2)5(6)7-3;1-3(5)4(6)7-2;1-3(4)5-2/h8-9,14H,2-7H2,1H3;7-9H,2-6H2,1H3;8-10H,2-7H2,1H3;6H,3-5H2,1-2H3,(H,12,13);3-6H,7H2,1-2H3;3-9H2,1-2H3;2-5H,1H3;7H,2-6H2,1H3;2-6H,1H3;3-5H2,1-2H3;4H,1-3H3;3,5H,1-2H3;1-2H3/p-1. The molecule has 0 spiro atoms. The number of nitrogens with zero attached hydrogens (tertiary/aromatic N) is 1. The van der Waals surface area contributed by atoms with Crippen LogP contribution in [0.3, 0.4) is 0 Å². The zero-order valence-corrected chi connectivity index (χ0v) is 87.5. The van der Waals surface area contributed by atoms with Crippen LogP contribution in [-0.2, 0) is 126 Å². The minimum Gasteiger partial charge on any atom is -0.549 e. The Bertz CT molecular complexity index is 4370. The lowest BCUT2D eigenvalue weighted by Crippen LogP contribution is -2.58. The van der Waals surface area contributed by atoms with Gasteiger partial charge in [-0.3, -0.25) is 62.9 Å². The van der Waals surface area contributed by atoms with Gasteiger partial charge in [0, 0.05) is 50.2 Å². The third-order valence-corrected chi connectivity index (χ3v) is 29.1. The summed E-state index contributed by atoms with van der Waals surface area (Å²) in [7, 11) is 16.8. The van der Waals surface area contributed by atoms with Gasteiger partial charge in [-0.05, 0) is 238 Å². The van der Waals surface area contributed by atoms with E-state index >= 15 is 0 Å². The molecule has 792 valence electrons. The van der Waals surface area contributed by atoms with Crippen molar-refractivity contribution in [3.8, 4) is 0 Å². The van der Waals surface area contributed by atoms with E-state index in [1.807, 2.05) is 58.0 Å². The van der Waals surface area contributed by atoms with Crippen LogP contribution in [0, 0.1) is 109 Å². The maximum absolute atomic E-state index is 11.9. The summed E-state index contributed by atoms with van der Waals surface area (Å²) in [5, 5.41) is 40.1. The summed E-state index contributed by atoms with van der Waals surface area (Å²) >= 11 is 0. The molecule has 15 fully saturated rings. The van der Waals surface area contributed by atoms with Crippen LogP contribution in [0.15, 0.2) is 78.9 Å². The summed E-state index contributed by atoms with van der Waals surface area (Å²) < 4.78 is 54.5. The lowest BCUT2D eigenvalue weighted by molar-refractivity contribution is -0.384. The SMILES string of the molecule is CC1(C)C2CCC1(C(=O)[O-])C(=O)C2.CCCCC(=O)OC.CCCCCCCCC(=O)OC.COC(=O)C(C)C.COC(=O)C(C)O.COC(=O)C12CC3CC(C1)C(=O)C(C3)C2.COC(=O)C12CC3CC(CC(C3)C1)C2.COC(=O)C12CC3CC(CC(O)(C3)C1)C2.COC(=O)C1CCCCC1.COC(=O)Cc1ccc(C)cc1.COC(=O)c1ccc([N+](=O)[O-])cc1.COC(=O)c1ccccc1.COC(C)=O. The summed E-state index contributed by atoms with van der Waals surface area (Å²) in [6, 6.07) is 21.9. The minimum absolute atomic E-state index is 0.00463. The van der Waals surface area contributed by atoms with E-state index in [1.165, 1.54) is 193 Å². The smallest absolute Gasteiger partial charge is 0.337 e. The number of carboxylic acids is 1. The number of aryl methyl sites for hydroxylation is 1. The van der Waals surface area contributed by atoms with Gasteiger partial charge < -0.3 is 77.0 Å². The van der Waals surface area contributed by atoms with Crippen molar-refractivity contribution < 1.29 is 149 Å². The number of hydrogen-bond donors (Lipinski definition) is 2. The fourth-order valence-corrected chi connectivity index (χ4v) is 22.6. The zero-order valence-electron chi connectivity index (χ0n) is 87.5. The van der Waals surface area contributed by atoms with Gasteiger partial charge in [0.05, 0.1) is 153 Å². The molecule has 3 aromatic rings. The van der Waals surface area contributed by atoms with E-state index in [-0.39, 0.29) is 117 Å². The molecule has 33 nitrogen and oxygen atoms in total. The van der Waals surface area contributed by atoms with Crippen molar-refractivity contribution >= 4 is 94.9 Å². The normalized spacial score (nSPS) is 25.6. The average Bonchev–Trinajstić information content (AvgIpc) is 1.57. The number of aliphatic carboxylic acids is 1. The number of nitro groups is 1. The molecule has 33 heteroatoms. The molecule has 15 saturated carbocycles. The van der Waals surface area contributed by atoms with Crippen molar-refractivity contribution in [2.45, 2.75) is 305 Å². The second-order valence-corrected chi connectivity index (χ2v) is 40.0. The minimum atomic E-state index is -1.17. The van der Waals surface area contributed by atoms with Crippen LogP contribution in [0.5, 0.6) is 0 Å². The monoisotopic (exact) mass is 1990 g/mol. The molecule has 0 aromatic heterocycles. The summed E-state index contributed by atoms with van der Waals surface area (Å²) in [5.74, 6) is 1.86. The molecular formula is C108H162NO32-. The lowest BCUT2D eigenvalue weighted by Gasteiger charge is -2.58. The quantitative estimate of drug-likeness (QED) is 0.0235. The summed E-state index contributed by atoms with van der Waals surface area (Å²) in [4.78, 5) is 174. The van der Waals surface area contributed by atoms with Gasteiger partial charge in [0.25, 0.3) is 5.69 Å². The van der Waals surface area contributed by atoms with Crippen LogP contribution in [-0.4, -0.2) is 201 Å². The molecule has 0 radical (unpaired) electrons. The number of benzene rings is 3. The number of esters is 12. The predicted octanol–water partition coefficient (Wildman–Crippen LogP) is 16.7. The molecule has 15 aliphatic rings. The Hall–Kier alpha value is -10.6. The van der Waals surface area contributed by atoms with Crippen LogP contribution in [0.4, 0.5) is 5.69 Å². The highest BCUT2D eigenvalue weighted by Gasteiger charge is 2.66. The second kappa shape index (κ2) is 62.1. The molecule has 14 bridgehead atoms. The van der Waals surface area contributed by atoms with Gasteiger partial charge in [-0.25, -0.2) is 14.4 Å². The molecule has 0 aliphatic heterocycles. The number of rotatable bonds is 22. The summed E-state index contributed by atoms with van der Waals surface area (Å²) in [5.41, 5.74) is 0.219. The first-order valence-electron chi connectivity index (χ1n) is 49.6. The summed E-state index contributed by atoms with van der Waals surface area (Å²) in [6.07, 6.45) is 34.9. The Morgan fingerprint density at radius 2 is 0.879 bits per heavy atom. The number of carbonyl (C=O) groups is 15. The second-order valence-electron chi connectivity index (χ2n) is 40.0. The number of methoxy groups -OCH3 is 12. The molecule has 141 heavy (non-hydrogen) atoms. The number of fused-ring (bicyclic) bond motifs is 2. The van der Waals surface area contributed by atoms with Crippen LogP contribution in [0.2, 0.25) is 0 Å². The van der Waals surface area contributed by atoms with Gasteiger partial charge in [0.2, 0.25) is 0 Å². The maximum atomic E-state index is 11.9. The number of unbranched alkanes of at least 4 members (excludes halogenated alkanes) is 6. The van der Waals surface area contributed by atoms with Gasteiger partial charge in [-0.2, -0.15) is 0 Å². The number of hydrogen-bond acceptors (Lipinski definition) is 32. The van der Waals surface area contributed by atoms with E-state index in [0.717, 1.165) is 145 Å². The van der Waals surface area contributed by atoms with Crippen molar-refractivity contribution in [1.29, 1.82) is 0 Å². The molecule has 15 aliphatic carbocycles. The van der Waals surface area contributed by atoms with Crippen molar-refractivity contribution in [3.05, 3.63) is 111 Å². The lowest BCUT2D eigenvalue weighted by atomic mass is 9.48. The van der Waals surface area contributed by atoms with Gasteiger partial charge in [-0.1, -0.05) is 147 Å². The number of Topliss-reactive ketones (excluding diaryl/α,β-unsaturated/α-hetero) is 2. The van der Waals surface area contributed by atoms with E-state index in [9.17, 15) is 92.2 Å². The highest BCUT2D eigenvalue weighted by Crippen LogP contribution is 2.65. The number of carboxylic acid groups (broad SMARTS) is 1. The highest BCUT2D eigenvalue weighted by atomic mass is 16.6. The van der Waals surface area contributed by atoms with Crippen LogP contribution in [0.1, 0.15) is 312 Å². The molecule has 0 amide bonds. The Kier molecular flexibility index (Phi) is 54.9. The van der Waals surface area contributed by atoms with Gasteiger partial charge in [0.1, 0.15) is 17.7 Å². The topological polar surface area (TPSA) is 473 Å². The number of non-ortho nitro benzene ring substituents is 1. The first-order valence-corrected chi connectivity index (χ1v) is 49.6. The molecule has 3 aromatic carbocycles. The van der Waals surface area contributed by atoms with Crippen LogP contribution < -0.4 is 5.11 Å². The number of ketones is 2. The fourth-order valence-electron chi connectivity index (χ4n) is 22.6. The third kappa shape index (κ3) is 38.9. The molecule has 2 N–H and O–H groups in total. The Morgan fingerprint density at radius 3 is 1.23 bits per heavy atom. The Labute approximate surface area is 833 Å². The number of carbonyl (C=O) groups excluding carboxylic acids is 15. The first-order chi connectivity index (χ1) is 66.6. The van der Waals surface area contributed by atoms with Gasteiger partial charge in [0.15, 0.2) is 0 Å². The van der Waals surface area contributed by atoms with E-state index in [0.29, 0.717) is 73.2 Å². The number of nitro benzene ring substituents is 1. The Balaban J connectivity index is 0.000000397. The van der Waals surface area contributed by atoms with Crippen molar-refractivity contribution in [1.82, 2.24) is 0 Å². The maximum Gasteiger partial charge on any atom is 0.337 e. The number of ether oxygens (including phenoxy) is 12. The zero-order chi connectivity index (χ0) is 106. The van der Waals surface area contributed by atoms with Crippen molar-refractivity contribution in [3.63, 3.8) is 0 Å². The highest BCUT2D eigenvalue weighted by molar-refractivity contribution is 6.06. The number of aliphatic hydroxyl groups is 2. The third-order valence-electron chi connectivity index (χ3n) is 29.1. The molecule has 7 atom stereocenters. The predicted molar refractivity (Wildman–Crippen MR) is 521 cm³/mol.